The molecule has 1 atom stereocenters. The van der Waals surface area contributed by atoms with Crippen molar-refractivity contribution < 1.29 is 19.1 Å². The highest BCUT2D eigenvalue weighted by Gasteiger charge is 2.24. The smallest absolute Gasteiger partial charge is 0.255 e. The molecule has 2 amide bonds. The van der Waals surface area contributed by atoms with E-state index in [0.717, 1.165) is 31.4 Å². The van der Waals surface area contributed by atoms with Crippen LogP contribution in [0.2, 0.25) is 0 Å². The Morgan fingerprint density at radius 2 is 2.06 bits per heavy atom. The summed E-state index contributed by atoms with van der Waals surface area (Å²) >= 11 is 0. The van der Waals surface area contributed by atoms with E-state index in [9.17, 15) is 9.59 Å². The Kier molecular flexibility index (Phi) is 7.00. The molecule has 3 heterocycles. The Morgan fingerprint density at radius 3 is 2.76 bits per heavy atom. The Hall–Kier alpha value is -3.30. The van der Waals surface area contributed by atoms with Crippen LogP contribution < -0.4 is 5.32 Å². The molecule has 0 aliphatic carbocycles. The first kappa shape index (κ1) is 22.9. The molecule has 174 valence electrons. The van der Waals surface area contributed by atoms with Gasteiger partial charge in [-0.2, -0.15) is 0 Å². The molecule has 1 aliphatic heterocycles. The number of aryl methyl sites for hydroxylation is 1. The number of carbonyl (C=O) groups excluding carboxylic acids is 2. The molecule has 9 nitrogen and oxygen atoms in total. The van der Waals surface area contributed by atoms with Gasteiger partial charge in [0.2, 0.25) is 5.91 Å². The van der Waals surface area contributed by atoms with Crippen molar-refractivity contribution in [1.29, 1.82) is 0 Å². The molecule has 0 saturated carbocycles. The van der Waals surface area contributed by atoms with Gasteiger partial charge in [-0.1, -0.05) is 0 Å². The number of likely N-dealkylation sites (N-methyl/N-ethyl adjacent to an activating group) is 1. The Labute approximate surface area is 192 Å². The van der Waals surface area contributed by atoms with Crippen LogP contribution in [-0.4, -0.2) is 71.3 Å². The fraction of sp³-hybridized carbons (Fsp3) is 0.417. The maximum Gasteiger partial charge on any atom is 0.255 e. The molecule has 9 heteroatoms. The predicted molar refractivity (Wildman–Crippen MR) is 125 cm³/mol. The summed E-state index contributed by atoms with van der Waals surface area (Å²) in [4.78, 5) is 36.2. The van der Waals surface area contributed by atoms with Crippen LogP contribution in [0.15, 0.2) is 36.7 Å². The van der Waals surface area contributed by atoms with E-state index in [1.807, 2.05) is 23.7 Å². The average Bonchev–Trinajstić information content (AvgIpc) is 3.15. The molecule has 2 aromatic heterocycles. The zero-order valence-corrected chi connectivity index (χ0v) is 19.2. The summed E-state index contributed by atoms with van der Waals surface area (Å²) < 4.78 is 12.6. The molecule has 1 saturated heterocycles. The molecular formula is C24H29N5O4. The third-order valence-corrected chi connectivity index (χ3v) is 5.80. The van der Waals surface area contributed by atoms with Gasteiger partial charge in [0.1, 0.15) is 12.4 Å². The summed E-state index contributed by atoms with van der Waals surface area (Å²) in [7, 11) is 5.12. The first-order valence-corrected chi connectivity index (χ1v) is 11.0. The van der Waals surface area contributed by atoms with E-state index in [1.54, 1.807) is 36.5 Å². The number of nitrogens with zero attached hydrogens (tertiary/aromatic N) is 4. The summed E-state index contributed by atoms with van der Waals surface area (Å²) in [5.41, 5.74) is 3.16. The topological polar surface area (TPSA) is 98.6 Å². The highest BCUT2D eigenvalue weighted by atomic mass is 16.5. The number of carbonyl (C=O) groups is 2. The summed E-state index contributed by atoms with van der Waals surface area (Å²) in [6, 6.07) is 7.22. The highest BCUT2D eigenvalue weighted by molar-refractivity contribution is 6.08. The average molecular weight is 452 g/mol. The van der Waals surface area contributed by atoms with Crippen molar-refractivity contribution in [3.05, 3.63) is 42.2 Å². The van der Waals surface area contributed by atoms with Crippen LogP contribution in [0.5, 0.6) is 0 Å². The second kappa shape index (κ2) is 10.1. The largest absolute Gasteiger partial charge is 0.376 e. The van der Waals surface area contributed by atoms with Gasteiger partial charge in [0, 0.05) is 58.0 Å². The molecule has 1 unspecified atom stereocenters. The van der Waals surface area contributed by atoms with Crippen LogP contribution >= 0.6 is 0 Å². The van der Waals surface area contributed by atoms with Crippen molar-refractivity contribution in [2.75, 3.05) is 39.2 Å². The zero-order valence-electron chi connectivity index (χ0n) is 19.2. The van der Waals surface area contributed by atoms with Crippen LogP contribution in [0.3, 0.4) is 0 Å². The molecule has 0 bridgehead atoms. The minimum Gasteiger partial charge on any atom is -0.376 e. The minimum absolute atomic E-state index is 0.0340. The summed E-state index contributed by atoms with van der Waals surface area (Å²) in [6.45, 7) is 1.16. The van der Waals surface area contributed by atoms with Crippen LogP contribution in [0.1, 0.15) is 29.6 Å². The van der Waals surface area contributed by atoms with Crippen LogP contribution in [0.25, 0.3) is 22.4 Å². The number of benzene rings is 1. The van der Waals surface area contributed by atoms with Crippen molar-refractivity contribution in [1.82, 2.24) is 19.4 Å². The lowest BCUT2D eigenvalue weighted by Crippen LogP contribution is -2.37. The number of imidazole rings is 1. The standard InChI is InChI=1S/C24H29N5O4/c1-28(14-18-6-4-5-11-33-18)24(31)19-12-17(26-21(30)15-32-3)13-20-22(19)29(2)23(27-20)16-7-9-25-10-8-16/h7-10,12-13,18H,4-6,11,14-15H2,1-3H3,(H,26,30). The van der Waals surface area contributed by atoms with Gasteiger partial charge in [-0.3, -0.25) is 14.6 Å². The number of amides is 2. The second-order valence-corrected chi connectivity index (χ2v) is 8.28. The third kappa shape index (κ3) is 5.04. The van der Waals surface area contributed by atoms with Gasteiger partial charge in [-0.05, 0) is 43.5 Å². The molecule has 33 heavy (non-hydrogen) atoms. The summed E-state index contributed by atoms with van der Waals surface area (Å²) in [5, 5.41) is 2.80. The molecule has 0 spiro atoms. The number of pyridine rings is 1. The van der Waals surface area contributed by atoms with E-state index in [4.69, 9.17) is 14.5 Å². The van der Waals surface area contributed by atoms with Crippen LogP contribution in [0.4, 0.5) is 5.69 Å². The number of methoxy groups -OCH3 is 1. The third-order valence-electron chi connectivity index (χ3n) is 5.80. The van der Waals surface area contributed by atoms with E-state index in [-0.39, 0.29) is 24.5 Å². The predicted octanol–water partition coefficient (Wildman–Crippen LogP) is 2.86. The van der Waals surface area contributed by atoms with Crippen molar-refractivity contribution >= 4 is 28.5 Å². The quantitative estimate of drug-likeness (QED) is 0.593. The number of nitrogens with one attached hydrogen (secondary N) is 1. The maximum absolute atomic E-state index is 13.6. The summed E-state index contributed by atoms with van der Waals surface area (Å²) in [5.74, 6) is 0.255. The minimum atomic E-state index is -0.301. The molecule has 1 N–H and O–H groups in total. The number of fused-ring (bicyclic) bond motifs is 1. The monoisotopic (exact) mass is 451 g/mol. The van der Waals surface area contributed by atoms with Gasteiger partial charge in [-0.25, -0.2) is 4.98 Å². The second-order valence-electron chi connectivity index (χ2n) is 8.28. The Morgan fingerprint density at radius 1 is 1.27 bits per heavy atom. The van der Waals surface area contributed by atoms with E-state index in [2.05, 4.69) is 10.3 Å². The SMILES string of the molecule is COCC(=O)Nc1cc(C(=O)N(C)CC2CCCCO2)c2c(c1)nc(-c1ccncc1)n2C. The van der Waals surface area contributed by atoms with Crippen molar-refractivity contribution in [3.63, 3.8) is 0 Å². The molecule has 1 fully saturated rings. The lowest BCUT2D eigenvalue weighted by Gasteiger charge is -2.27. The maximum atomic E-state index is 13.6. The number of anilines is 1. The summed E-state index contributed by atoms with van der Waals surface area (Å²) in [6.07, 6.45) is 6.55. The number of aromatic nitrogens is 3. The van der Waals surface area contributed by atoms with Crippen molar-refractivity contribution in [2.45, 2.75) is 25.4 Å². The normalized spacial score (nSPS) is 16.0. The lowest BCUT2D eigenvalue weighted by molar-refractivity contribution is -0.119. The van der Waals surface area contributed by atoms with E-state index >= 15 is 0 Å². The number of ether oxygens (including phenoxy) is 2. The van der Waals surface area contributed by atoms with Gasteiger partial charge < -0.3 is 24.3 Å². The number of hydrogen-bond donors (Lipinski definition) is 1. The van der Waals surface area contributed by atoms with Gasteiger partial charge >= 0.3 is 0 Å². The first-order chi connectivity index (χ1) is 16.0. The molecule has 0 radical (unpaired) electrons. The molecule has 1 aliphatic rings. The van der Waals surface area contributed by atoms with Crippen LogP contribution in [0, 0.1) is 0 Å². The Balaban J connectivity index is 1.75. The molecular weight excluding hydrogens is 422 g/mol. The van der Waals surface area contributed by atoms with Crippen molar-refractivity contribution in [3.8, 4) is 11.4 Å². The van der Waals surface area contributed by atoms with Gasteiger partial charge in [0.25, 0.3) is 5.91 Å². The fourth-order valence-electron chi connectivity index (χ4n) is 4.22. The lowest BCUT2D eigenvalue weighted by atomic mass is 10.1. The van der Waals surface area contributed by atoms with Crippen LogP contribution in [-0.2, 0) is 21.3 Å². The number of rotatable bonds is 7. The van der Waals surface area contributed by atoms with E-state index < -0.39 is 0 Å². The number of hydrogen-bond acceptors (Lipinski definition) is 6. The van der Waals surface area contributed by atoms with Crippen molar-refractivity contribution in [2.24, 2.45) is 7.05 Å². The molecule has 4 rings (SSSR count). The fourth-order valence-corrected chi connectivity index (χ4v) is 4.22. The zero-order chi connectivity index (χ0) is 23.4. The highest BCUT2D eigenvalue weighted by Crippen LogP contribution is 2.30. The van der Waals surface area contributed by atoms with Gasteiger partial charge in [0.05, 0.1) is 22.7 Å². The molecule has 1 aromatic carbocycles. The first-order valence-electron chi connectivity index (χ1n) is 11.0. The van der Waals surface area contributed by atoms with Gasteiger partial charge in [0.15, 0.2) is 0 Å². The van der Waals surface area contributed by atoms with E-state index in [0.29, 0.717) is 34.7 Å². The Bertz CT molecular complexity index is 1140. The van der Waals surface area contributed by atoms with Gasteiger partial charge in [-0.15, -0.1) is 0 Å². The van der Waals surface area contributed by atoms with E-state index in [1.165, 1.54) is 7.11 Å². The molecule has 3 aromatic rings.